The highest BCUT2D eigenvalue weighted by molar-refractivity contribution is 5.96. The van der Waals surface area contributed by atoms with Crippen LogP contribution >= 0.6 is 0 Å². The monoisotopic (exact) mass is 420 g/mol. The Morgan fingerprint density at radius 2 is 1.87 bits per heavy atom. The third kappa shape index (κ3) is 4.75. The maximum absolute atomic E-state index is 11.2. The van der Waals surface area contributed by atoms with Crippen LogP contribution in [0.5, 0.6) is 5.88 Å². The molecule has 0 radical (unpaired) electrons. The summed E-state index contributed by atoms with van der Waals surface area (Å²) in [7, 11) is 0. The molecule has 31 heavy (non-hydrogen) atoms. The second-order valence-electron chi connectivity index (χ2n) is 6.60. The predicted molar refractivity (Wildman–Crippen MR) is 115 cm³/mol. The summed E-state index contributed by atoms with van der Waals surface area (Å²) in [4.78, 5) is 15.1. The van der Waals surface area contributed by atoms with Gasteiger partial charge in [0.25, 0.3) is 11.6 Å². The number of rotatable bonds is 10. The molecule has 0 unspecified atom stereocenters. The topological polar surface area (TPSA) is 128 Å². The first kappa shape index (κ1) is 20.2. The number of nitrogens with one attached hydrogen (secondary N) is 2. The molecule has 0 fully saturated rings. The highest BCUT2D eigenvalue weighted by Crippen LogP contribution is 2.29. The van der Waals surface area contributed by atoms with Crippen LogP contribution in [0.4, 0.5) is 11.4 Å². The van der Waals surface area contributed by atoms with Crippen molar-refractivity contribution in [3.63, 3.8) is 0 Å². The number of anilines is 1. The molecule has 0 aliphatic carbocycles. The predicted octanol–water partition coefficient (Wildman–Crippen LogP) is 3.27. The van der Waals surface area contributed by atoms with Gasteiger partial charge in [0.2, 0.25) is 0 Å². The van der Waals surface area contributed by atoms with Crippen LogP contribution in [-0.4, -0.2) is 46.5 Å². The first-order valence-corrected chi connectivity index (χ1v) is 9.71. The van der Waals surface area contributed by atoms with Gasteiger partial charge in [0.05, 0.1) is 16.0 Å². The molecule has 0 aliphatic rings. The number of hydrogen-bond donors (Lipinski definition) is 2. The third-order valence-electron chi connectivity index (χ3n) is 4.58. The molecule has 4 aromatic rings. The van der Waals surface area contributed by atoms with E-state index < -0.39 is 4.92 Å². The minimum Gasteiger partial charge on any atom is -0.473 e. The summed E-state index contributed by atoms with van der Waals surface area (Å²) in [5.74, 6) is 0.356. The highest BCUT2D eigenvalue weighted by atomic mass is 16.6. The number of aromatic nitrogens is 3. The number of nitrogens with zero attached hydrogens (tertiary/aromatic N) is 4. The van der Waals surface area contributed by atoms with E-state index in [-0.39, 0.29) is 5.69 Å². The molecule has 0 spiro atoms. The molecular weight excluding hydrogens is 400 g/mol. The number of ether oxygens (including phenoxy) is 1. The second kappa shape index (κ2) is 9.63. The van der Waals surface area contributed by atoms with Crippen molar-refractivity contribution in [1.29, 1.82) is 0 Å². The zero-order valence-corrected chi connectivity index (χ0v) is 16.5. The Balaban J connectivity index is 1.24. The molecule has 10 nitrogen and oxygen atoms in total. The molecule has 10 heteroatoms. The van der Waals surface area contributed by atoms with E-state index in [4.69, 9.17) is 9.37 Å². The Morgan fingerprint density at radius 3 is 2.71 bits per heavy atom. The molecule has 0 bridgehead atoms. The lowest BCUT2D eigenvalue weighted by atomic mass is 10.1. The largest absolute Gasteiger partial charge is 0.473 e. The summed E-state index contributed by atoms with van der Waals surface area (Å²) in [6, 6.07) is 16.1. The van der Waals surface area contributed by atoms with Crippen molar-refractivity contribution >= 4 is 22.3 Å². The van der Waals surface area contributed by atoms with E-state index in [0.717, 1.165) is 11.3 Å². The van der Waals surface area contributed by atoms with Crippen molar-refractivity contribution in [2.45, 2.75) is 0 Å². The van der Waals surface area contributed by atoms with Gasteiger partial charge in [-0.1, -0.05) is 30.3 Å². The van der Waals surface area contributed by atoms with Gasteiger partial charge in [-0.15, -0.1) is 0 Å². The molecule has 4 rings (SSSR count). The first-order valence-electron chi connectivity index (χ1n) is 9.71. The summed E-state index contributed by atoms with van der Waals surface area (Å²) in [5.41, 5.74) is 2.81. The smallest absolute Gasteiger partial charge is 0.283 e. The van der Waals surface area contributed by atoms with Gasteiger partial charge >= 0.3 is 0 Å². The van der Waals surface area contributed by atoms with E-state index >= 15 is 0 Å². The summed E-state index contributed by atoms with van der Waals surface area (Å²) >= 11 is 0. The average Bonchev–Trinajstić information content (AvgIpc) is 3.27. The van der Waals surface area contributed by atoms with E-state index in [9.17, 15) is 10.1 Å². The molecule has 2 aromatic heterocycles. The third-order valence-corrected chi connectivity index (χ3v) is 4.58. The summed E-state index contributed by atoms with van der Waals surface area (Å²) < 4.78 is 10.5. The molecule has 0 amide bonds. The zero-order chi connectivity index (χ0) is 21.5. The molecule has 2 heterocycles. The van der Waals surface area contributed by atoms with Gasteiger partial charge < -0.3 is 15.4 Å². The number of benzene rings is 2. The zero-order valence-electron chi connectivity index (χ0n) is 16.5. The van der Waals surface area contributed by atoms with Crippen LogP contribution < -0.4 is 15.4 Å². The van der Waals surface area contributed by atoms with Gasteiger partial charge in [0.1, 0.15) is 12.1 Å². The van der Waals surface area contributed by atoms with Crippen LogP contribution in [0.25, 0.3) is 22.2 Å². The van der Waals surface area contributed by atoms with Crippen LogP contribution in [0.2, 0.25) is 0 Å². The lowest BCUT2D eigenvalue weighted by Gasteiger charge is -2.10. The van der Waals surface area contributed by atoms with Gasteiger partial charge in [0, 0.05) is 37.5 Å². The van der Waals surface area contributed by atoms with Crippen molar-refractivity contribution in [3.8, 4) is 17.1 Å². The van der Waals surface area contributed by atoms with E-state index in [1.54, 1.807) is 24.4 Å². The van der Waals surface area contributed by atoms with Gasteiger partial charge in [-0.3, -0.25) is 15.1 Å². The van der Waals surface area contributed by atoms with Crippen LogP contribution in [0, 0.1) is 10.1 Å². The first-order chi connectivity index (χ1) is 15.2. The van der Waals surface area contributed by atoms with Crippen molar-refractivity contribution in [2.24, 2.45) is 0 Å². The minimum atomic E-state index is -0.400. The molecule has 2 aromatic carbocycles. The Hall–Kier alpha value is -4.05. The molecule has 0 saturated heterocycles. The quantitative estimate of drug-likeness (QED) is 0.226. The van der Waals surface area contributed by atoms with Gasteiger partial charge in [-0.25, -0.2) is 4.63 Å². The van der Waals surface area contributed by atoms with Gasteiger partial charge in [0.15, 0.2) is 5.69 Å². The lowest BCUT2D eigenvalue weighted by Crippen LogP contribution is -2.26. The van der Waals surface area contributed by atoms with Crippen molar-refractivity contribution in [3.05, 3.63) is 70.9 Å². The Kier molecular flexibility index (Phi) is 6.29. The summed E-state index contributed by atoms with van der Waals surface area (Å²) in [6.07, 6.45) is 1.62. The maximum atomic E-state index is 11.2. The van der Waals surface area contributed by atoms with Crippen LogP contribution in [0.1, 0.15) is 0 Å². The summed E-state index contributed by atoms with van der Waals surface area (Å²) in [5, 5.41) is 25.9. The fraction of sp³-hybridized carbons (Fsp3) is 0.190. The number of fused-ring (bicyclic) bond motifs is 1. The Morgan fingerprint density at radius 1 is 1.00 bits per heavy atom. The lowest BCUT2D eigenvalue weighted by molar-refractivity contribution is -0.383. The molecule has 158 valence electrons. The van der Waals surface area contributed by atoms with Gasteiger partial charge in [-0.2, -0.15) is 0 Å². The van der Waals surface area contributed by atoms with E-state index in [0.29, 0.717) is 48.7 Å². The van der Waals surface area contributed by atoms with E-state index in [1.807, 2.05) is 30.3 Å². The number of nitro groups is 1. The van der Waals surface area contributed by atoms with Crippen molar-refractivity contribution in [1.82, 2.24) is 20.6 Å². The van der Waals surface area contributed by atoms with Crippen molar-refractivity contribution < 1.29 is 14.3 Å². The average molecular weight is 420 g/mol. The standard InChI is InChI=1S/C21H20N6O4/c28-27(29)18-9-8-17(20-16(18)7-4-10-24-20)23-12-11-22-13-14-30-21-19(25-31-26-21)15-5-2-1-3-6-15/h1-10,22-23H,11-14H2. The number of nitro benzene ring substituents is 1. The molecule has 0 aliphatic heterocycles. The van der Waals surface area contributed by atoms with Crippen molar-refractivity contribution in [2.75, 3.05) is 31.6 Å². The molecular formula is C21H20N6O4. The number of non-ortho nitro benzene ring substituents is 1. The number of pyridine rings is 1. The van der Waals surface area contributed by atoms with E-state index in [1.165, 1.54) is 6.07 Å². The summed E-state index contributed by atoms with van der Waals surface area (Å²) in [6.45, 7) is 2.28. The Labute approximate surface area is 177 Å². The van der Waals surface area contributed by atoms with Crippen LogP contribution in [0.15, 0.2) is 65.4 Å². The van der Waals surface area contributed by atoms with Gasteiger partial charge in [-0.05, 0) is 28.5 Å². The fourth-order valence-electron chi connectivity index (χ4n) is 3.14. The maximum Gasteiger partial charge on any atom is 0.283 e. The normalized spacial score (nSPS) is 10.8. The SMILES string of the molecule is O=[N+]([O-])c1ccc(NCCNCCOc2nonc2-c2ccccc2)c2ncccc12. The molecule has 0 saturated carbocycles. The second-order valence-corrected chi connectivity index (χ2v) is 6.60. The fourth-order valence-corrected chi connectivity index (χ4v) is 3.14. The Bertz CT molecular complexity index is 1160. The van der Waals surface area contributed by atoms with Crippen LogP contribution in [0.3, 0.4) is 0 Å². The van der Waals surface area contributed by atoms with Crippen LogP contribution in [-0.2, 0) is 0 Å². The minimum absolute atomic E-state index is 0.0427. The highest BCUT2D eigenvalue weighted by Gasteiger charge is 2.15. The molecule has 2 N–H and O–H groups in total. The number of hydrogen-bond acceptors (Lipinski definition) is 9. The molecule has 0 atom stereocenters. The van der Waals surface area contributed by atoms with E-state index in [2.05, 4.69) is 25.9 Å².